The van der Waals surface area contributed by atoms with Crippen LogP contribution in [0.3, 0.4) is 0 Å². The number of benzene rings is 1. The van der Waals surface area contributed by atoms with Crippen LogP contribution in [0.5, 0.6) is 0 Å². The van der Waals surface area contributed by atoms with Gasteiger partial charge in [-0.2, -0.15) is 0 Å². The molecule has 25 heavy (non-hydrogen) atoms. The van der Waals surface area contributed by atoms with Gasteiger partial charge in [0.05, 0.1) is 11.8 Å². The standard InChI is InChI=1S/C18H21NO5S/c1-18(2)14(16(21)22)19(10-25-18)15(20)13-9-12(17(23)24-13)8-11-6-4-3-5-7-11/h3-7,12-14H,8-10H2,1-2H3,(H,21,22)/t12-,13+,14-/m1/s1. The Morgan fingerprint density at radius 3 is 2.64 bits per heavy atom. The summed E-state index contributed by atoms with van der Waals surface area (Å²) in [6.07, 6.45) is -0.0791. The molecule has 1 aromatic rings. The number of cyclic esters (lactones) is 1. The van der Waals surface area contributed by atoms with E-state index in [0.29, 0.717) is 18.7 Å². The number of hydrogen-bond donors (Lipinski definition) is 1. The van der Waals surface area contributed by atoms with E-state index in [9.17, 15) is 19.5 Å². The molecule has 0 spiro atoms. The Bertz CT molecular complexity index is 690. The molecule has 2 saturated heterocycles. The molecule has 6 nitrogen and oxygen atoms in total. The molecule has 0 unspecified atom stereocenters. The molecule has 2 aliphatic heterocycles. The van der Waals surface area contributed by atoms with Crippen LogP contribution in [0.1, 0.15) is 25.8 Å². The highest BCUT2D eigenvalue weighted by atomic mass is 32.2. The SMILES string of the molecule is CC1(C)SCN(C(=O)[C@@H]2C[C@@H](Cc3ccccc3)C(=O)O2)[C@@H]1C(=O)O. The zero-order chi connectivity index (χ0) is 18.2. The van der Waals surface area contributed by atoms with Crippen molar-refractivity contribution in [3.8, 4) is 0 Å². The monoisotopic (exact) mass is 363 g/mol. The third-order valence-electron chi connectivity index (χ3n) is 4.75. The molecular formula is C18H21NO5S. The lowest BCUT2D eigenvalue weighted by atomic mass is 9.95. The summed E-state index contributed by atoms with van der Waals surface area (Å²) in [5.41, 5.74) is 1.01. The molecule has 7 heteroatoms. The summed E-state index contributed by atoms with van der Waals surface area (Å²) in [6.45, 7) is 3.62. The van der Waals surface area contributed by atoms with E-state index in [1.807, 2.05) is 44.2 Å². The minimum Gasteiger partial charge on any atom is -0.480 e. The number of carbonyl (C=O) groups excluding carboxylic acids is 2. The van der Waals surface area contributed by atoms with Crippen LogP contribution in [0, 0.1) is 5.92 Å². The lowest BCUT2D eigenvalue weighted by molar-refractivity contribution is -0.158. The second-order valence-corrected chi connectivity index (χ2v) is 8.57. The number of rotatable bonds is 4. The minimum atomic E-state index is -1.03. The maximum atomic E-state index is 12.8. The van der Waals surface area contributed by atoms with E-state index in [4.69, 9.17) is 4.74 Å². The molecule has 0 radical (unpaired) electrons. The molecule has 3 atom stereocenters. The summed E-state index contributed by atoms with van der Waals surface area (Å²) >= 11 is 1.42. The minimum absolute atomic E-state index is 0.292. The molecule has 1 aromatic carbocycles. The quantitative estimate of drug-likeness (QED) is 0.823. The average molecular weight is 363 g/mol. The first-order valence-corrected chi connectivity index (χ1v) is 9.20. The van der Waals surface area contributed by atoms with Gasteiger partial charge in [0.25, 0.3) is 5.91 Å². The van der Waals surface area contributed by atoms with Gasteiger partial charge in [0.15, 0.2) is 6.10 Å². The van der Waals surface area contributed by atoms with E-state index in [-0.39, 0.29) is 11.9 Å². The van der Waals surface area contributed by atoms with E-state index in [0.717, 1.165) is 5.56 Å². The van der Waals surface area contributed by atoms with Gasteiger partial charge in [0.2, 0.25) is 0 Å². The first kappa shape index (κ1) is 17.8. The zero-order valence-corrected chi connectivity index (χ0v) is 15.0. The summed E-state index contributed by atoms with van der Waals surface area (Å²) < 4.78 is 4.71. The highest BCUT2D eigenvalue weighted by Crippen LogP contribution is 2.40. The lowest BCUT2D eigenvalue weighted by Crippen LogP contribution is -2.51. The normalized spacial score (nSPS) is 28.0. The van der Waals surface area contributed by atoms with Crippen molar-refractivity contribution in [1.29, 1.82) is 0 Å². The first-order chi connectivity index (χ1) is 11.8. The van der Waals surface area contributed by atoms with Crippen LogP contribution >= 0.6 is 11.8 Å². The third kappa shape index (κ3) is 3.51. The van der Waals surface area contributed by atoms with Crippen molar-refractivity contribution in [2.45, 2.75) is 43.6 Å². The molecule has 2 fully saturated rings. The second kappa shape index (κ2) is 6.71. The Kier molecular flexibility index (Phi) is 4.77. The molecule has 2 aliphatic rings. The fourth-order valence-corrected chi connectivity index (χ4v) is 4.56. The van der Waals surface area contributed by atoms with E-state index >= 15 is 0 Å². The highest BCUT2D eigenvalue weighted by Gasteiger charge is 2.51. The number of thioether (sulfide) groups is 1. The van der Waals surface area contributed by atoms with E-state index < -0.39 is 28.8 Å². The second-order valence-electron chi connectivity index (χ2n) is 6.97. The topological polar surface area (TPSA) is 83.9 Å². The fourth-order valence-electron chi connectivity index (χ4n) is 3.43. The molecule has 0 aliphatic carbocycles. The van der Waals surface area contributed by atoms with Crippen LogP contribution in [0.15, 0.2) is 30.3 Å². The van der Waals surface area contributed by atoms with Gasteiger partial charge in [0, 0.05) is 11.2 Å². The Balaban J connectivity index is 1.69. The maximum Gasteiger partial charge on any atom is 0.327 e. The van der Waals surface area contributed by atoms with E-state index in [1.54, 1.807) is 0 Å². The molecule has 1 amide bonds. The van der Waals surface area contributed by atoms with Gasteiger partial charge < -0.3 is 14.7 Å². The molecule has 0 aromatic heterocycles. The van der Waals surface area contributed by atoms with Crippen molar-refractivity contribution in [3.63, 3.8) is 0 Å². The van der Waals surface area contributed by atoms with Crippen molar-refractivity contribution in [2.75, 3.05) is 5.88 Å². The van der Waals surface area contributed by atoms with Gasteiger partial charge in [-0.05, 0) is 25.8 Å². The molecule has 1 N–H and O–H groups in total. The summed E-state index contributed by atoms with van der Waals surface area (Å²) in [5.74, 6) is -1.91. The summed E-state index contributed by atoms with van der Waals surface area (Å²) in [7, 11) is 0. The van der Waals surface area contributed by atoms with Gasteiger partial charge >= 0.3 is 11.9 Å². The van der Waals surface area contributed by atoms with Gasteiger partial charge in [-0.25, -0.2) is 4.79 Å². The number of carboxylic acids is 1. The number of aliphatic carboxylic acids is 1. The van der Waals surface area contributed by atoms with Crippen LogP contribution in [-0.4, -0.2) is 50.6 Å². The van der Waals surface area contributed by atoms with Crippen LogP contribution in [0.25, 0.3) is 0 Å². The van der Waals surface area contributed by atoms with E-state index in [2.05, 4.69) is 0 Å². The largest absolute Gasteiger partial charge is 0.480 e. The smallest absolute Gasteiger partial charge is 0.327 e. The summed E-state index contributed by atoms with van der Waals surface area (Å²) in [6, 6.07) is 8.66. The number of amides is 1. The van der Waals surface area contributed by atoms with Crippen molar-refractivity contribution in [1.82, 2.24) is 4.90 Å². The van der Waals surface area contributed by atoms with Crippen LogP contribution < -0.4 is 0 Å². The van der Waals surface area contributed by atoms with E-state index in [1.165, 1.54) is 16.7 Å². The Hall–Kier alpha value is -2.02. The van der Waals surface area contributed by atoms with Gasteiger partial charge in [-0.1, -0.05) is 30.3 Å². The molecule has 2 heterocycles. The van der Waals surface area contributed by atoms with Gasteiger partial charge in [0.1, 0.15) is 6.04 Å². The molecular weight excluding hydrogens is 342 g/mol. The lowest BCUT2D eigenvalue weighted by Gasteiger charge is -2.28. The first-order valence-electron chi connectivity index (χ1n) is 8.21. The molecule has 134 valence electrons. The number of carbonyl (C=O) groups is 3. The van der Waals surface area contributed by atoms with Crippen molar-refractivity contribution in [2.24, 2.45) is 5.92 Å². The highest BCUT2D eigenvalue weighted by molar-refractivity contribution is 8.00. The third-order valence-corrected chi connectivity index (χ3v) is 6.13. The molecule has 3 rings (SSSR count). The predicted octanol–water partition coefficient (Wildman–Crippen LogP) is 1.93. The zero-order valence-electron chi connectivity index (χ0n) is 14.2. The Labute approximate surface area is 150 Å². The number of esters is 1. The fraction of sp³-hybridized carbons (Fsp3) is 0.500. The summed E-state index contributed by atoms with van der Waals surface area (Å²) in [5, 5.41) is 9.49. The maximum absolute atomic E-state index is 12.8. The van der Waals surface area contributed by atoms with Crippen molar-refractivity contribution < 1.29 is 24.2 Å². The number of carboxylic acid groups (broad SMARTS) is 1. The van der Waals surface area contributed by atoms with Gasteiger partial charge in [-0.15, -0.1) is 11.8 Å². The number of hydrogen-bond acceptors (Lipinski definition) is 5. The van der Waals surface area contributed by atoms with Crippen molar-refractivity contribution >= 4 is 29.6 Å². The van der Waals surface area contributed by atoms with Crippen LogP contribution in [0.2, 0.25) is 0 Å². The molecule has 0 bridgehead atoms. The van der Waals surface area contributed by atoms with Crippen molar-refractivity contribution in [3.05, 3.63) is 35.9 Å². The number of ether oxygens (including phenoxy) is 1. The predicted molar refractivity (Wildman–Crippen MR) is 92.9 cm³/mol. The van der Waals surface area contributed by atoms with Crippen LogP contribution in [-0.2, 0) is 25.5 Å². The number of nitrogens with zero attached hydrogens (tertiary/aromatic N) is 1. The summed E-state index contributed by atoms with van der Waals surface area (Å²) in [4.78, 5) is 37.8. The van der Waals surface area contributed by atoms with Crippen LogP contribution in [0.4, 0.5) is 0 Å². The van der Waals surface area contributed by atoms with Gasteiger partial charge in [-0.3, -0.25) is 9.59 Å². The average Bonchev–Trinajstić information content (AvgIpc) is 3.07. The Morgan fingerprint density at radius 2 is 2.00 bits per heavy atom. The molecule has 0 saturated carbocycles. The Morgan fingerprint density at radius 1 is 1.32 bits per heavy atom.